The van der Waals surface area contributed by atoms with Crippen molar-refractivity contribution in [2.75, 3.05) is 19.6 Å². The summed E-state index contributed by atoms with van der Waals surface area (Å²) in [5, 5.41) is 0.495. The molecule has 1 saturated heterocycles. The highest BCUT2D eigenvalue weighted by Gasteiger charge is 2.33. The zero-order valence-electron chi connectivity index (χ0n) is 15.5. The number of sulfonamides is 1. The minimum absolute atomic E-state index is 0.0792. The van der Waals surface area contributed by atoms with Gasteiger partial charge in [-0.15, -0.1) is 11.3 Å². The molecule has 0 atom stereocenters. The minimum atomic E-state index is -3.56. The molecule has 0 radical (unpaired) electrons. The van der Waals surface area contributed by atoms with Crippen LogP contribution in [0.2, 0.25) is 9.36 Å². The first-order chi connectivity index (χ1) is 13.3. The molecule has 0 bridgehead atoms. The maximum absolute atomic E-state index is 12.9. The first-order valence-electron chi connectivity index (χ1n) is 9.10. The largest absolute Gasteiger partial charge is 0.338 e. The molecular formula is C19H22Cl2N2O3S2. The van der Waals surface area contributed by atoms with Crippen molar-refractivity contribution in [3.8, 4) is 0 Å². The van der Waals surface area contributed by atoms with E-state index in [0.29, 0.717) is 48.4 Å². The molecule has 1 aliphatic heterocycles. The Balaban J connectivity index is 1.62. The maximum Gasteiger partial charge on any atom is 0.243 e. The Morgan fingerprint density at radius 1 is 1.14 bits per heavy atom. The Hall–Kier alpha value is -1.12. The number of carbonyl (C=O) groups excluding carboxylic acids is 1. The molecule has 9 heteroatoms. The van der Waals surface area contributed by atoms with Gasteiger partial charge >= 0.3 is 0 Å². The van der Waals surface area contributed by atoms with Gasteiger partial charge in [-0.3, -0.25) is 4.79 Å². The minimum Gasteiger partial charge on any atom is -0.338 e. The quantitative estimate of drug-likeness (QED) is 0.637. The molecule has 0 aliphatic carbocycles. The summed E-state index contributed by atoms with van der Waals surface area (Å²) in [5.74, 6) is -0.0809. The molecule has 0 saturated carbocycles. The lowest BCUT2D eigenvalue weighted by Crippen LogP contribution is -2.44. The van der Waals surface area contributed by atoms with Crippen LogP contribution in [-0.4, -0.2) is 43.2 Å². The number of benzene rings is 1. The second-order valence-corrected chi connectivity index (χ2v) is 10.9. The van der Waals surface area contributed by atoms with E-state index in [1.807, 2.05) is 24.0 Å². The predicted molar refractivity (Wildman–Crippen MR) is 113 cm³/mol. The molecule has 1 aromatic heterocycles. The molecule has 1 aliphatic rings. The number of carbonyl (C=O) groups is 1. The molecule has 2 aromatic rings. The van der Waals surface area contributed by atoms with Gasteiger partial charge in [-0.2, -0.15) is 4.31 Å². The van der Waals surface area contributed by atoms with Gasteiger partial charge in [0.25, 0.3) is 0 Å². The molecule has 1 amide bonds. The molecule has 0 spiro atoms. The van der Waals surface area contributed by atoms with E-state index in [1.165, 1.54) is 27.8 Å². The lowest BCUT2D eigenvalue weighted by Gasteiger charge is -2.33. The Kier molecular flexibility index (Phi) is 7.04. The van der Waals surface area contributed by atoms with Gasteiger partial charge in [0.15, 0.2) is 0 Å². The molecule has 1 aromatic carbocycles. The molecule has 5 nitrogen and oxygen atoms in total. The van der Waals surface area contributed by atoms with E-state index >= 15 is 0 Å². The number of piperidine rings is 1. The van der Waals surface area contributed by atoms with E-state index in [0.717, 1.165) is 4.88 Å². The summed E-state index contributed by atoms with van der Waals surface area (Å²) >= 11 is 13.3. The average Bonchev–Trinajstić information content (AvgIpc) is 3.11. The van der Waals surface area contributed by atoms with Crippen LogP contribution >= 0.6 is 34.5 Å². The Morgan fingerprint density at radius 3 is 2.32 bits per heavy atom. The van der Waals surface area contributed by atoms with Crippen LogP contribution in [0.3, 0.4) is 0 Å². The van der Waals surface area contributed by atoms with Crippen LogP contribution in [0.25, 0.3) is 0 Å². The smallest absolute Gasteiger partial charge is 0.243 e. The number of rotatable bonds is 6. The van der Waals surface area contributed by atoms with E-state index in [2.05, 4.69) is 0 Å². The highest BCUT2D eigenvalue weighted by atomic mass is 35.5. The fourth-order valence-corrected chi connectivity index (χ4v) is 6.03. The van der Waals surface area contributed by atoms with E-state index in [4.69, 9.17) is 23.2 Å². The highest BCUT2D eigenvalue weighted by Crippen LogP contribution is 2.27. The topological polar surface area (TPSA) is 57.7 Å². The summed E-state index contributed by atoms with van der Waals surface area (Å²) in [7, 11) is -3.56. The van der Waals surface area contributed by atoms with Crippen molar-refractivity contribution >= 4 is 50.5 Å². The van der Waals surface area contributed by atoms with Gasteiger partial charge in [0.05, 0.1) is 15.8 Å². The number of nitrogens with zero attached hydrogens (tertiary/aromatic N) is 2. The zero-order chi connectivity index (χ0) is 20.3. The Bertz CT molecular complexity index is 921. The van der Waals surface area contributed by atoms with Crippen LogP contribution in [0.1, 0.15) is 24.6 Å². The normalized spacial score (nSPS) is 16.2. The standard InChI is InChI=1S/C19H22Cl2N2O3S2/c1-2-22(13-16-5-8-18(21)27-16)19(24)14-9-11-23(12-10-14)28(25,26)17-6-3-15(20)4-7-17/h3-8,14H,2,9-13H2,1H3. The van der Waals surface area contributed by atoms with Gasteiger partial charge < -0.3 is 4.90 Å². The van der Waals surface area contributed by atoms with Crippen LogP contribution in [0, 0.1) is 5.92 Å². The highest BCUT2D eigenvalue weighted by molar-refractivity contribution is 7.89. The van der Waals surface area contributed by atoms with Crippen molar-refractivity contribution < 1.29 is 13.2 Å². The lowest BCUT2D eigenvalue weighted by atomic mass is 9.96. The Morgan fingerprint density at radius 2 is 1.79 bits per heavy atom. The van der Waals surface area contributed by atoms with Crippen molar-refractivity contribution in [2.45, 2.75) is 31.2 Å². The van der Waals surface area contributed by atoms with Gasteiger partial charge in [-0.25, -0.2) is 8.42 Å². The molecular weight excluding hydrogens is 439 g/mol. The van der Waals surface area contributed by atoms with Crippen molar-refractivity contribution in [2.24, 2.45) is 5.92 Å². The molecule has 3 rings (SSSR count). The summed E-state index contributed by atoms with van der Waals surface area (Å²) in [6, 6.07) is 9.94. The summed E-state index contributed by atoms with van der Waals surface area (Å²) in [6.45, 7) is 3.77. The van der Waals surface area contributed by atoms with Gasteiger partial charge in [0, 0.05) is 35.5 Å². The molecule has 1 fully saturated rings. The van der Waals surface area contributed by atoms with Crippen LogP contribution in [0.15, 0.2) is 41.3 Å². The summed E-state index contributed by atoms with van der Waals surface area (Å²) in [4.78, 5) is 16.0. The predicted octanol–water partition coefficient (Wildman–Crippen LogP) is 4.50. The van der Waals surface area contributed by atoms with E-state index in [9.17, 15) is 13.2 Å². The number of hydrogen-bond donors (Lipinski definition) is 0. The van der Waals surface area contributed by atoms with Gasteiger partial charge in [-0.1, -0.05) is 23.2 Å². The number of hydrogen-bond acceptors (Lipinski definition) is 4. The van der Waals surface area contributed by atoms with Crippen LogP contribution in [0.5, 0.6) is 0 Å². The number of halogens is 2. The number of thiophene rings is 1. The molecule has 152 valence electrons. The molecule has 2 heterocycles. The van der Waals surface area contributed by atoms with Crippen molar-refractivity contribution in [1.82, 2.24) is 9.21 Å². The molecule has 0 unspecified atom stereocenters. The lowest BCUT2D eigenvalue weighted by molar-refractivity contribution is -0.137. The van der Waals surface area contributed by atoms with Crippen molar-refractivity contribution in [1.29, 1.82) is 0 Å². The SMILES string of the molecule is CCN(Cc1ccc(Cl)s1)C(=O)C1CCN(S(=O)(=O)c2ccc(Cl)cc2)CC1. The number of amides is 1. The molecule has 28 heavy (non-hydrogen) atoms. The second-order valence-electron chi connectivity index (χ2n) is 6.69. The monoisotopic (exact) mass is 460 g/mol. The summed E-state index contributed by atoms with van der Waals surface area (Å²) in [6.07, 6.45) is 1.04. The van der Waals surface area contributed by atoms with E-state index in [1.54, 1.807) is 12.1 Å². The molecule has 0 N–H and O–H groups in total. The van der Waals surface area contributed by atoms with E-state index in [-0.39, 0.29) is 16.7 Å². The van der Waals surface area contributed by atoms with E-state index < -0.39 is 10.0 Å². The maximum atomic E-state index is 12.9. The third kappa shape index (κ3) is 4.89. The van der Waals surface area contributed by atoms with Gasteiger partial charge in [-0.05, 0) is 56.2 Å². The summed E-state index contributed by atoms with van der Waals surface area (Å²) in [5.41, 5.74) is 0. The first-order valence-corrected chi connectivity index (χ1v) is 12.1. The first kappa shape index (κ1) is 21.6. The second kappa shape index (κ2) is 9.13. The fraction of sp³-hybridized carbons (Fsp3) is 0.421. The fourth-order valence-electron chi connectivity index (χ4n) is 3.33. The van der Waals surface area contributed by atoms with Crippen molar-refractivity contribution in [3.05, 3.63) is 50.6 Å². The van der Waals surface area contributed by atoms with Crippen LogP contribution in [-0.2, 0) is 21.4 Å². The third-order valence-corrected chi connectivity index (χ3v) is 8.30. The third-order valence-electron chi connectivity index (χ3n) is 4.92. The van der Waals surface area contributed by atoms with Crippen molar-refractivity contribution in [3.63, 3.8) is 0 Å². The average molecular weight is 461 g/mol. The van der Waals surface area contributed by atoms with Gasteiger partial charge in [0.1, 0.15) is 0 Å². The van der Waals surface area contributed by atoms with Crippen LogP contribution in [0.4, 0.5) is 0 Å². The van der Waals surface area contributed by atoms with Gasteiger partial charge in [0.2, 0.25) is 15.9 Å². The van der Waals surface area contributed by atoms with Crippen LogP contribution < -0.4 is 0 Å². The summed E-state index contributed by atoms with van der Waals surface area (Å²) < 4.78 is 27.7. The Labute approximate surface area is 179 Å². The zero-order valence-corrected chi connectivity index (χ0v) is 18.6.